The summed E-state index contributed by atoms with van der Waals surface area (Å²) in [6, 6.07) is 6.76. The standard InChI is InChI=1S/C12H14N2O3.CH4O/c1-9(15)14-7-8-17-12(14,2)10-3-5-11(13-16)6-4-10;1-2/h3-6H,7-8H2,1-2H3;2H,1H3/p+1. The molecule has 1 atom stereocenters. The van der Waals surface area contributed by atoms with Gasteiger partial charge in [0.1, 0.15) is 12.8 Å². The van der Waals surface area contributed by atoms with E-state index in [1.54, 1.807) is 29.2 Å². The van der Waals surface area contributed by atoms with Gasteiger partial charge in [0.15, 0.2) is 5.72 Å². The van der Waals surface area contributed by atoms with E-state index >= 15 is 0 Å². The molecule has 104 valence electrons. The Balaban J connectivity index is 0.000000861. The molecule has 6 nitrogen and oxygen atoms in total. The van der Waals surface area contributed by atoms with Crippen molar-refractivity contribution in [2.75, 3.05) is 20.3 Å². The van der Waals surface area contributed by atoms with Gasteiger partial charge in [0.25, 0.3) is 0 Å². The molecule has 1 fully saturated rings. The molecule has 0 radical (unpaired) electrons. The van der Waals surface area contributed by atoms with E-state index in [-0.39, 0.29) is 5.91 Å². The Hall–Kier alpha value is -1.79. The van der Waals surface area contributed by atoms with Gasteiger partial charge < -0.3 is 14.7 Å². The minimum Gasteiger partial charge on any atom is -0.448 e. The molecule has 0 saturated carbocycles. The van der Waals surface area contributed by atoms with Gasteiger partial charge in [0, 0.05) is 19.0 Å². The van der Waals surface area contributed by atoms with Crippen molar-refractivity contribution in [3.05, 3.63) is 34.7 Å². The first-order valence-corrected chi connectivity index (χ1v) is 5.94. The molecule has 1 unspecified atom stereocenters. The van der Waals surface area contributed by atoms with Crippen LogP contribution in [0.1, 0.15) is 19.4 Å². The van der Waals surface area contributed by atoms with E-state index in [2.05, 4.69) is 5.18 Å². The molecule has 1 amide bonds. The molecule has 1 aromatic rings. The van der Waals surface area contributed by atoms with Gasteiger partial charge in [-0.15, -0.1) is 4.91 Å². The van der Waals surface area contributed by atoms with Crippen LogP contribution < -0.4 is 0 Å². The number of ether oxygens (including phenoxy) is 1. The number of nitrogens with zero attached hydrogens (tertiary/aromatic N) is 2. The van der Waals surface area contributed by atoms with Crippen molar-refractivity contribution < 1.29 is 14.6 Å². The van der Waals surface area contributed by atoms with Gasteiger partial charge in [-0.25, -0.2) is 0 Å². The van der Waals surface area contributed by atoms with Crippen molar-refractivity contribution in [3.8, 4) is 0 Å². The molecule has 0 aliphatic carbocycles. The van der Waals surface area contributed by atoms with Gasteiger partial charge in [-0.05, 0) is 24.2 Å². The van der Waals surface area contributed by atoms with E-state index in [1.165, 1.54) is 14.0 Å². The molecule has 1 aliphatic rings. The number of hydrogen-bond donors (Lipinski definition) is 0. The van der Waals surface area contributed by atoms with Crippen LogP contribution in [0.15, 0.2) is 29.4 Å². The second-order valence-electron chi connectivity index (χ2n) is 4.14. The zero-order chi connectivity index (χ0) is 14.5. The van der Waals surface area contributed by atoms with Crippen molar-refractivity contribution in [1.82, 2.24) is 4.90 Å². The van der Waals surface area contributed by atoms with Crippen molar-refractivity contribution in [3.63, 3.8) is 0 Å². The highest BCUT2D eigenvalue weighted by atomic mass is 16.5. The molecule has 1 aromatic carbocycles. The lowest BCUT2D eigenvalue weighted by Gasteiger charge is -2.33. The molecular formula is C13H19N2O4+. The Labute approximate surface area is 112 Å². The maximum absolute atomic E-state index is 11.5. The van der Waals surface area contributed by atoms with Crippen molar-refractivity contribution in [2.24, 2.45) is 5.18 Å². The fourth-order valence-electron chi connectivity index (χ4n) is 2.16. The van der Waals surface area contributed by atoms with Crippen LogP contribution in [0.5, 0.6) is 0 Å². The molecule has 1 heterocycles. The van der Waals surface area contributed by atoms with Gasteiger partial charge in [-0.1, -0.05) is 12.1 Å². The van der Waals surface area contributed by atoms with Crippen molar-refractivity contribution >= 4 is 11.6 Å². The molecule has 1 aliphatic heterocycles. The summed E-state index contributed by atoms with van der Waals surface area (Å²) in [5.41, 5.74) is 0.468. The lowest BCUT2D eigenvalue weighted by atomic mass is 10.0. The summed E-state index contributed by atoms with van der Waals surface area (Å²) in [4.78, 5) is 23.6. The molecule has 2 N–H and O–H groups in total. The second-order valence-corrected chi connectivity index (χ2v) is 4.14. The maximum Gasteiger partial charge on any atom is 0.222 e. The summed E-state index contributed by atoms with van der Waals surface area (Å²) in [5, 5.41) is 8.59. The van der Waals surface area contributed by atoms with E-state index in [4.69, 9.17) is 9.84 Å². The van der Waals surface area contributed by atoms with Crippen LogP contribution in [0.3, 0.4) is 0 Å². The third-order valence-electron chi connectivity index (χ3n) is 3.10. The quantitative estimate of drug-likeness (QED) is 0.601. The number of nitroso groups, excluding NO2 is 1. The zero-order valence-electron chi connectivity index (χ0n) is 11.3. The minimum atomic E-state index is -0.743. The molecule has 1 saturated heterocycles. The summed E-state index contributed by atoms with van der Waals surface area (Å²) in [6.07, 6.45) is 0. The van der Waals surface area contributed by atoms with Gasteiger partial charge in [0.05, 0.1) is 6.61 Å². The summed E-state index contributed by atoms with van der Waals surface area (Å²) in [6.45, 7) is 4.47. The number of carbonyl (C=O) groups is 1. The third kappa shape index (κ3) is 2.97. The highest BCUT2D eigenvalue weighted by Crippen LogP contribution is 2.34. The van der Waals surface area contributed by atoms with E-state index in [0.717, 1.165) is 5.56 Å². The van der Waals surface area contributed by atoms with Crippen LogP contribution in [0, 0.1) is 4.91 Å². The first-order valence-electron chi connectivity index (χ1n) is 5.94. The molecule has 2 rings (SSSR count). The number of benzene rings is 1. The predicted octanol–water partition coefficient (Wildman–Crippen LogP) is 1.48. The number of carbonyl (C=O) groups excluding carboxylic acids is 1. The molecule has 0 bridgehead atoms. The number of hydrogen-bond acceptors (Lipinski definition) is 4. The molecule has 0 aromatic heterocycles. The van der Waals surface area contributed by atoms with Gasteiger partial charge >= 0.3 is 0 Å². The maximum atomic E-state index is 11.5. The topological polar surface area (TPSA) is 81.9 Å². The second kappa shape index (κ2) is 6.40. The lowest BCUT2D eigenvalue weighted by molar-refractivity contribution is -0.145. The van der Waals surface area contributed by atoms with Crippen molar-refractivity contribution in [1.29, 1.82) is 0 Å². The Morgan fingerprint density at radius 2 is 1.95 bits per heavy atom. The zero-order valence-corrected chi connectivity index (χ0v) is 11.3. The number of amides is 1. The predicted molar refractivity (Wildman–Crippen MR) is 72.1 cm³/mol. The first kappa shape index (κ1) is 15.3. The fraction of sp³-hybridized carbons (Fsp3) is 0.462. The average molecular weight is 267 g/mol. The van der Waals surface area contributed by atoms with E-state index < -0.39 is 5.72 Å². The summed E-state index contributed by atoms with van der Waals surface area (Å²) in [5.74, 6) is -0.0254. The third-order valence-corrected chi connectivity index (χ3v) is 3.10. The molecule has 0 spiro atoms. The van der Waals surface area contributed by atoms with E-state index in [0.29, 0.717) is 18.8 Å². The van der Waals surface area contributed by atoms with Gasteiger partial charge in [0.2, 0.25) is 5.91 Å². The Morgan fingerprint density at radius 1 is 1.37 bits per heavy atom. The van der Waals surface area contributed by atoms with E-state index in [9.17, 15) is 9.70 Å². The highest BCUT2D eigenvalue weighted by molar-refractivity contribution is 5.74. The molecular weight excluding hydrogens is 248 g/mol. The lowest BCUT2D eigenvalue weighted by Crippen LogP contribution is -2.42. The Kier molecular flexibility index (Phi) is 5.14. The number of rotatable bonds is 2. The summed E-state index contributed by atoms with van der Waals surface area (Å²) < 4.78 is 5.67. The van der Waals surface area contributed by atoms with Crippen LogP contribution in [0.2, 0.25) is 0 Å². The Morgan fingerprint density at radius 3 is 2.42 bits per heavy atom. The minimum absolute atomic E-state index is 0.0254. The van der Waals surface area contributed by atoms with Crippen LogP contribution in [0.4, 0.5) is 5.69 Å². The fourth-order valence-corrected chi connectivity index (χ4v) is 2.16. The summed E-state index contributed by atoms with van der Waals surface area (Å²) in [7, 11) is 1.25. The van der Waals surface area contributed by atoms with Crippen LogP contribution in [0.25, 0.3) is 0 Å². The van der Waals surface area contributed by atoms with E-state index in [1.807, 2.05) is 6.92 Å². The van der Waals surface area contributed by atoms with Crippen molar-refractivity contribution in [2.45, 2.75) is 19.6 Å². The first-order chi connectivity index (χ1) is 9.08. The highest BCUT2D eigenvalue weighted by Gasteiger charge is 2.40. The van der Waals surface area contributed by atoms with Gasteiger partial charge in [-0.2, -0.15) is 0 Å². The average Bonchev–Trinajstić information content (AvgIpc) is 2.84. The SMILES string of the molecule is CC(=O)N1CCOC1(C)c1ccc(N=O)cc1.C[OH2+]. The largest absolute Gasteiger partial charge is 0.448 e. The summed E-state index contributed by atoms with van der Waals surface area (Å²) >= 11 is 0. The normalized spacial score (nSPS) is 21.6. The monoisotopic (exact) mass is 267 g/mol. The van der Waals surface area contributed by atoms with Gasteiger partial charge in [-0.3, -0.25) is 4.79 Å². The smallest absolute Gasteiger partial charge is 0.222 e. The van der Waals surface area contributed by atoms with Crippen LogP contribution in [-0.4, -0.2) is 36.2 Å². The Bertz CT molecular complexity index is 446. The van der Waals surface area contributed by atoms with Crippen LogP contribution >= 0.6 is 0 Å². The molecule has 6 heteroatoms. The molecule has 19 heavy (non-hydrogen) atoms. The van der Waals surface area contributed by atoms with Crippen LogP contribution in [-0.2, 0) is 15.3 Å².